The average Bonchev–Trinajstić information content (AvgIpc) is 3.66. The van der Waals surface area contributed by atoms with E-state index in [4.69, 9.17) is 21.0 Å². The number of aryl methyl sites for hydroxylation is 2. The SMILES string of the molecule is CC(C)O/N=C(/CNC(=O)c1cn(C)nc1C(F)F)c1ncc(C#CC2CC2)cc1Cl.Cc1ccc(S(=O)(=O)O)cc1. The molecule has 1 saturated carbocycles. The second-order valence-corrected chi connectivity index (χ2v) is 11.5. The summed E-state index contributed by atoms with van der Waals surface area (Å²) < 4.78 is 57.0. The molecule has 1 fully saturated rings. The summed E-state index contributed by atoms with van der Waals surface area (Å²) in [7, 11) is -2.56. The number of hydrogen-bond donors (Lipinski definition) is 2. The molecule has 0 bridgehead atoms. The van der Waals surface area contributed by atoms with E-state index < -0.39 is 28.1 Å². The van der Waals surface area contributed by atoms with Gasteiger partial charge in [0.25, 0.3) is 22.5 Å². The summed E-state index contributed by atoms with van der Waals surface area (Å²) in [6.45, 7) is 5.28. The van der Waals surface area contributed by atoms with Crippen molar-refractivity contribution in [2.45, 2.75) is 51.0 Å². The molecule has 0 spiro atoms. The van der Waals surface area contributed by atoms with E-state index in [0.29, 0.717) is 17.2 Å². The molecule has 1 aromatic carbocycles. The fourth-order valence-corrected chi connectivity index (χ4v) is 4.03. The fraction of sp³-hybridized carbons (Fsp3) is 0.357. The van der Waals surface area contributed by atoms with Crippen molar-refractivity contribution in [2.75, 3.05) is 6.54 Å². The lowest BCUT2D eigenvalue weighted by Crippen LogP contribution is -2.31. The average molecular weight is 622 g/mol. The summed E-state index contributed by atoms with van der Waals surface area (Å²) in [6, 6.07) is 7.66. The summed E-state index contributed by atoms with van der Waals surface area (Å²) >= 11 is 6.38. The lowest BCUT2D eigenvalue weighted by molar-refractivity contribution is 0.0853. The lowest BCUT2D eigenvalue weighted by atomic mass is 10.2. The van der Waals surface area contributed by atoms with Crippen molar-refractivity contribution in [1.29, 1.82) is 0 Å². The topological polar surface area (TPSA) is 136 Å². The molecule has 1 amide bonds. The maximum atomic E-state index is 13.1. The summed E-state index contributed by atoms with van der Waals surface area (Å²) in [6.07, 6.45) is 1.92. The number of nitrogens with zero attached hydrogens (tertiary/aromatic N) is 4. The predicted molar refractivity (Wildman–Crippen MR) is 153 cm³/mol. The lowest BCUT2D eigenvalue weighted by Gasteiger charge is -2.11. The minimum absolute atomic E-state index is 0.0666. The monoisotopic (exact) mass is 621 g/mol. The van der Waals surface area contributed by atoms with Crippen molar-refractivity contribution in [1.82, 2.24) is 20.1 Å². The number of carbonyl (C=O) groups excluding carboxylic acids is 1. The molecular weight excluding hydrogens is 592 g/mol. The number of rotatable bonds is 8. The van der Waals surface area contributed by atoms with Gasteiger partial charge in [0.15, 0.2) is 0 Å². The number of halogens is 3. The molecule has 2 N–H and O–H groups in total. The molecule has 0 unspecified atom stereocenters. The number of hydrogen-bond acceptors (Lipinski definition) is 7. The van der Waals surface area contributed by atoms with Gasteiger partial charge in [-0.3, -0.25) is 19.0 Å². The largest absolute Gasteiger partial charge is 0.393 e. The third-order valence-corrected chi connectivity index (χ3v) is 6.69. The van der Waals surface area contributed by atoms with Crippen LogP contribution in [0.25, 0.3) is 0 Å². The Morgan fingerprint density at radius 3 is 2.50 bits per heavy atom. The Bertz CT molecular complexity index is 1610. The van der Waals surface area contributed by atoms with Gasteiger partial charge in [-0.05, 0) is 51.8 Å². The van der Waals surface area contributed by atoms with Crippen LogP contribution >= 0.6 is 11.6 Å². The molecule has 2 heterocycles. The normalized spacial score (nSPS) is 13.2. The van der Waals surface area contributed by atoms with E-state index in [1.165, 1.54) is 25.4 Å². The van der Waals surface area contributed by atoms with E-state index in [1.807, 2.05) is 6.92 Å². The van der Waals surface area contributed by atoms with E-state index in [-0.39, 0.29) is 33.8 Å². The molecule has 0 radical (unpaired) electrons. The maximum absolute atomic E-state index is 13.1. The van der Waals surface area contributed by atoms with Gasteiger partial charge >= 0.3 is 0 Å². The first kappa shape index (κ1) is 32.7. The Morgan fingerprint density at radius 1 is 1.29 bits per heavy atom. The standard InChI is InChI=1S/C21H22ClF2N5O2.C7H8O3S/c1-12(2)31-28-17(10-26-21(30)15-11-29(3)27-18(15)20(23)24)19-16(22)8-14(9-25-19)7-6-13-4-5-13;1-6-2-4-7(5-3-6)11(8,9)10/h8-9,11-13,20H,4-5,10H2,1-3H3,(H,26,30);2-5H,1H3,(H,8,9,10)/b28-17-;. The zero-order valence-corrected chi connectivity index (χ0v) is 24.9. The van der Waals surface area contributed by atoms with Crippen LogP contribution in [0.1, 0.15) is 66.0 Å². The van der Waals surface area contributed by atoms with Crippen LogP contribution in [0.15, 0.2) is 52.8 Å². The van der Waals surface area contributed by atoms with E-state index in [1.54, 1.807) is 38.2 Å². The number of pyridine rings is 1. The second-order valence-electron chi connectivity index (χ2n) is 9.66. The highest BCUT2D eigenvalue weighted by Gasteiger charge is 2.23. The second kappa shape index (κ2) is 14.4. The quantitative estimate of drug-likeness (QED) is 0.157. The molecule has 2 aromatic heterocycles. The van der Waals surface area contributed by atoms with Crippen molar-refractivity contribution >= 4 is 33.3 Å². The number of benzene rings is 1. The molecule has 4 rings (SSSR count). The van der Waals surface area contributed by atoms with Crippen molar-refractivity contribution in [3.63, 3.8) is 0 Å². The minimum Gasteiger partial charge on any atom is -0.393 e. The Balaban J connectivity index is 0.000000369. The zero-order valence-electron chi connectivity index (χ0n) is 23.3. The van der Waals surface area contributed by atoms with Gasteiger partial charge in [0.05, 0.1) is 22.0 Å². The Hall–Kier alpha value is -3.86. The minimum atomic E-state index is -4.02. The number of carbonyl (C=O) groups is 1. The summed E-state index contributed by atoms with van der Waals surface area (Å²) in [5.74, 6) is 5.89. The molecule has 14 heteroatoms. The first-order valence-corrected chi connectivity index (χ1v) is 14.6. The van der Waals surface area contributed by atoms with Crippen molar-refractivity contribution in [3.05, 3.63) is 75.8 Å². The van der Waals surface area contributed by atoms with Gasteiger partial charge in [0.2, 0.25) is 0 Å². The van der Waals surface area contributed by atoms with Gasteiger partial charge in [-0.2, -0.15) is 13.5 Å². The Morgan fingerprint density at radius 2 is 1.95 bits per heavy atom. The third kappa shape index (κ3) is 9.90. The van der Waals surface area contributed by atoms with Crippen LogP contribution in [0.5, 0.6) is 0 Å². The van der Waals surface area contributed by atoms with Crippen LogP contribution in [0.3, 0.4) is 0 Å². The molecule has 3 aromatic rings. The first-order chi connectivity index (χ1) is 19.7. The highest BCUT2D eigenvalue weighted by molar-refractivity contribution is 7.85. The van der Waals surface area contributed by atoms with Crippen LogP contribution < -0.4 is 5.32 Å². The predicted octanol–water partition coefficient (Wildman–Crippen LogP) is 4.97. The third-order valence-electron chi connectivity index (χ3n) is 5.53. The number of nitrogens with one attached hydrogen (secondary N) is 1. The molecule has 1 aliphatic carbocycles. The molecule has 1 aliphatic rings. The van der Waals surface area contributed by atoms with Gasteiger partial charge < -0.3 is 10.2 Å². The van der Waals surface area contributed by atoms with Crippen molar-refractivity contribution in [3.8, 4) is 11.8 Å². The Labute approximate surface area is 247 Å². The van der Waals surface area contributed by atoms with Gasteiger partial charge in [0, 0.05) is 30.9 Å². The summed E-state index contributed by atoms with van der Waals surface area (Å²) in [5.41, 5.74) is 1.37. The summed E-state index contributed by atoms with van der Waals surface area (Å²) in [5, 5.41) is 10.5. The van der Waals surface area contributed by atoms with Crippen LogP contribution in [0, 0.1) is 24.7 Å². The molecule has 0 aliphatic heterocycles. The van der Waals surface area contributed by atoms with Gasteiger partial charge in [0.1, 0.15) is 23.2 Å². The van der Waals surface area contributed by atoms with E-state index in [9.17, 15) is 22.0 Å². The summed E-state index contributed by atoms with van der Waals surface area (Å²) in [4.78, 5) is 22.1. The molecule has 42 heavy (non-hydrogen) atoms. The van der Waals surface area contributed by atoms with E-state index in [0.717, 1.165) is 23.1 Å². The maximum Gasteiger partial charge on any atom is 0.294 e. The highest BCUT2D eigenvalue weighted by atomic mass is 35.5. The van der Waals surface area contributed by atoms with Crippen molar-refractivity contribution < 1.29 is 31.4 Å². The molecule has 0 saturated heterocycles. The zero-order chi connectivity index (χ0) is 31.0. The number of amides is 1. The highest BCUT2D eigenvalue weighted by Crippen LogP contribution is 2.28. The molecular formula is C28H30ClF2N5O5S. The molecule has 0 atom stereocenters. The van der Waals surface area contributed by atoms with Gasteiger partial charge in [-0.25, -0.2) is 8.78 Å². The molecule has 10 nitrogen and oxygen atoms in total. The first-order valence-electron chi connectivity index (χ1n) is 12.8. The number of oxime groups is 1. The van der Waals surface area contributed by atoms with E-state index >= 15 is 0 Å². The number of alkyl halides is 2. The van der Waals surface area contributed by atoms with E-state index in [2.05, 4.69) is 32.4 Å². The van der Waals surface area contributed by atoms with Gasteiger partial charge in [-0.15, -0.1) is 0 Å². The van der Waals surface area contributed by atoms with Crippen LogP contribution in [0.4, 0.5) is 8.78 Å². The van der Waals surface area contributed by atoms with Crippen molar-refractivity contribution in [2.24, 2.45) is 18.1 Å². The smallest absolute Gasteiger partial charge is 0.294 e. The fourth-order valence-electron chi connectivity index (χ4n) is 3.27. The molecule has 224 valence electrons. The van der Waals surface area contributed by atoms with Crippen LogP contribution in [-0.2, 0) is 22.0 Å². The Kier molecular flexibility index (Phi) is 11.2. The van der Waals surface area contributed by atoms with Crippen LogP contribution in [-0.4, -0.2) is 52.0 Å². The van der Waals surface area contributed by atoms with Crippen LogP contribution in [0.2, 0.25) is 5.02 Å². The van der Waals surface area contributed by atoms with Gasteiger partial charge in [-0.1, -0.05) is 46.3 Å². The number of aromatic nitrogens is 3.